The molecule has 0 spiro atoms. The molecule has 0 fully saturated rings. The molecule has 6 nitrogen and oxygen atoms in total. The number of benzene rings is 2. The zero-order valence-electron chi connectivity index (χ0n) is 13.2. The van der Waals surface area contributed by atoms with Crippen LogP contribution in [0.2, 0.25) is 0 Å². The molecule has 2 rings (SSSR count). The van der Waals surface area contributed by atoms with Crippen molar-refractivity contribution in [3.8, 4) is 17.2 Å². The van der Waals surface area contributed by atoms with E-state index in [1.54, 1.807) is 56.5 Å². The van der Waals surface area contributed by atoms with Crippen LogP contribution < -0.4 is 14.9 Å². The molecule has 0 heterocycles. The van der Waals surface area contributed by atoms with Gasteiger partial charge in [-0.15, -0.1) is 0 Å². The van der Waals surface area contributed by atoms with Crippen molar-refractivity contribution < 1.29 is 19.4 Å². The lowest BCUT2D eigenvalue weighted by atomic mass is 10.1. The van der Waals surface area contributed by atoms with Crippen LogP contribution in [0.3, 0.4) is 0 Å². The number of phenols is 1. The number of aromatic hydroxyl groups is 1. The lowest BCUT2D eigenvalue weighted by Crippen LogP contribution is -2.20. The van der Waals surface area contributed by atoms with Crippen LogP contribution in [0.5, 0.6) is 17.2 Å². The van der Waals surface area contributed by atoms with Crippen molar-refractivity contribution in [3.05, 3.63) is 53.6 Å². The lowest BCUT2D eigenvalue weighted by molar-refractivity contribution is 0.0951. The van der Waals surface area contributed by atoms with Gasteiger partial charge in [0.1, 0.15) is 17.2 Å². The largest absolute Gasteiger partial charge is 0.508 e. The van der Waals surface area contributed by atoms with E-state index in [1.807, 2.05) is 0 Å². The van der Waals surface area contributed by atoms with Gasteiger partial charge in [0.15, 0.2) is 0 Å². The zero-order valence-corrected chi connectivity index (χ0v) is 13.2. The Bertz CT molecular complexity index is 724. The fraction of sp³-hybridized carbons (Fsp3) is 0.176. The number of rotatable bonds is 5. The molecule has 0 atom stereocenters. The summed E-state index contributed by atoms with van der Waals surface area (Å²) in [7, 11) is 3.02. The quantitative estimate of drug-likeness (QED) is 0.656. The van der Waals surface area contributed by atoms with Crippen molar-refractivity contribution in [2.45, 2.75) is 6.92 Å². The van der Waals surface area contributed by atoms with Crippen LogP contribution in [0.1, 0.15) is 22.8 Å². The smallest absolute Gasteiger partial charge is 0.275 e. The molecule has 0 aliphatic carbocycles. The predicted molar refractivity (Wildman–Crippen MR) is 87.3 cm³/mol. The summed E-state index contributed by atoms with van der Waals surface area (Å²) in [6.45, 7) is 1.76. The molecule has 0 unspecified atom stereocenters. The van der Waals surface area contributed by atoms with Crippen molar-refractivity contribution in [2.75, 3.05) is 14.2 Å². The lowest BCUT2D eigenvalue weighted by Gasteiger charge is -2.09. The van der Waals surface area contributed by atoms with Crippen molar-refractivity contribution in [1.82, 2.24) is 5.43 Å². The first kappa shape index (κ1) is 16.4. The Morgan fingerprint density at radius 1 is 1.09 bits per heavy atom. The summed E-state index contributed by atoms with van der Waals surface area (Å²) in [5, 5.41) is 13.3. The summed E-state index contributed by atoms with van der Waals surface area (Å²) in [6.07, 6.45) is 0. The van der Waals surface area contributed by atoms with E-state index in [4.69, 9.17) is 9.47 Å². The number of hydrazone groups is 1. The first-order chi connectivity index (χ1) is 11.0. The van der Waals surface area contributed by atoms with E-state index in [0.717, 1.165) is 5.56 Å². The molecular formula is C17H18N2O4. The second-order valence-corrected chi connectivity index (χ2v) is 4.75. The Labute approximate surface area is 134 Å². The monoisotopic (exact) mass is 314 g/mol. The molecule has 0 aliphatic rings. The molecule has 23 heavy (non-hydrogen) atoms. The number of hydrogen-bond acceptors (Lipinski definition) is 5. The maximum atomic E-state index is 12.2. The minimum atomic E-state index is -0.386. The van der Waals surface area contributed by atoms with Crippen LogP contribution in [-0.2, 0) is 0 Å². The molecule has 2 N–H and O–H groups in total. The molecule has 2 aromatic rings. The van der Waals surface area contributed by atoms with Crippen LogP contribution in [0.4, 0.5) is 0 Å². The molecule has 0 bridgehead atoms. The number of hydrogen-bond donors (Lipinski definition) is 2. The molecule has 0 saturated heterocycles. The molecule has 1 amide bonds. The molecule has 0 aliphatic heterocycles. The van der Waals surface area contributed by atoms with Gasteiger partial charge in [-0.3, -0.25) is 4.79 Å². The molecule has 6 heteroatoms. The number of nitrogens with zero attached hydrogens (tertiary/aromatic N) is 1. The zero-order chi connectivity index (χ0) is 16.8. The molecular weight excluding hydrogens is 296 g/mol. The van der Waals surface area contributed by atoms with Gasteiger partial charge in [0, 0.05) is 6.07 Å². The minimum Gasteiger partial charge on any atom is -0.508 e. The average molecular weight is 314 g/mol. The SMILES string of the molecule is COc1ccc(C(=O)N/N=C(/C)c2ccc(O)cc2)c(OC)c1. The van der Waals surface area contributed by atoms with Crippen molar-refractivity contribution in [2.24, 2.45) is 5.10 Å². The highest BCUT2D eigenvalue weighted by Crippen LogP contribution is 2.24. The summed E-state index contributed by atoms with van der Waals surface area (Å²) in [5.41, 5.74) is 4.26. The number of phenolic OH excluding ortho intramolecular Hbond substituents is 1. The number of nitrogens with one attached hydrogen (secondary N) is 1. The predicted octanol–water partition coefficient (Wildman–Crippen LogP) is 2.56. The Balaban J connectivity index is 2.15. The van der Waals surface area contributed by atoms with Gasteiger partial charge < -0.3 is 14.6 Å². The normalized spacial score (nSPS) is 11.0. The fourth-order valence-corrected chi connectivity index (χ4v) is 1.95. The van der Waals surface area contributed by atoms with Crippen LogP contribution in [0, 0.1) is 0 Å². The van der Waals surface area contributed by atoms with Crippen LogP contribution >= 0.6 is 0 Å². The van der Waals surface area contributed by atoms with E-state index >= 15 is 0 Å². The van der Waals surface area contributed by atoms with Gasteiger partial charge in [0.2, 0.25) is 0 Å². The fourth-order valence-electron chi connectivity index (χ4n) is 1.95. The van der Waals surface area contributed by atoms with E-state index < -0.39 is 0 Å². The van der Waals surface area contributed by atoms with Gasteiger partial charge in [-0.2, -0.15) is 5.10 Å². The van der Waals surface area contributed by atoms with Crippen molar-refractivity contribution >= 4 is 11.6 Å². The van der Waals surface area contributed by atoms with E-state index in [9.17, 15) is 9.90 Å². The topological polar surface area (TPSA) is 80.2 Å². The first-order valence-electron chi connectivity index (χ1n) is 6.91. The van der Waals surface area contributed by atoms with Gasteiger partial charge in [-0.25, -0.2) is 5.43 Å². The Kier molecular flexibility index (Phi) is 5.19. The molecule has 2 aromatic carbocycles. The van der Waals surface area contributed by atoms with Gasteiger partial charge in [0.25, 0.3) is 5.91 Å². The van der Waals surface area contributed by atoms with Gasteiger partial charge in [-0.05, 0) is 48.9 Å². The highest BCUT2D eigenvalue weighted by molar-refractivity contribution is 6.01. The highest BCUT2D eigenvalue weighted by atomic mass is 16.5. The van der Waals surface area contributed by atoms with E-state index in [-0.39, 0.29) is 11.7 Å². The third kappa shape index (κ3) is 4.00. The number of carbonyl (C=O) groups is 1. The van der Waals surface area contributed by atoms with Crippen LogP contribution in [0.15, 0.2) is 47.6 Å². The number of amides is 1. The van der Waals surface area contributed by atoms with Gasteiger partial charge in [0.05, 0.1) is 25.5 Å². The number of carbonyl (C=O) groups excluding carboxylic acids is 1. The van der Waals surface area contributed by atoms with Crippen molar-refractivity contribution in [1.29, 1.82) is 0 Å². The second kappa shape index (κ2) is 7.31. The average Bonchev–Trinajstić information content (AvgIpc) is 2.59. The maximum Gasteiger partial charge on any atom is 0.275 e. The number of methoxy groups -OCH3 is 2. The standard InChI is InChI=1S/C17H18N2O4/c1-11(12-4-6-13(20)7-5-12)18-19-17(21)15-9-8-14(22-2)10-16(15)23-3/h4-10,20H,1-3H3,(H,19,21)/b18-11-. The third-order valence-corrected chi connectivity index (χ3v) is 3.26. The van der Waals surface area contributed by atoms with Crippen LogP contribution in [-0.4, -0.2) is 30.9 Å². The first-order valence-corrected chi connectivity index (χ1v) is 6.91. The minimum absolute atomic E-state index is 0.175. The van der Waals surface area contributed by atoms with E-state index in [2.05, 4.69) is 10.5 Å². The maximum absolute atomic E-state index is 12.2. The molecule has 0 saturated carbocycles. The second-order valence-electron chi connectivity index (χ2n) is 4.75. The van der Waals surface area contributed by atoms with Gasteiger partial charge >= 0.3 is 0 Å². The molecule has 0 radical (unpaired) electrons. The summed E-state index contributed by atoms with van der Waals surface area (Å²) >= 11 is 0. The number of ether oxygens (including phenoxy) is 2. The van der Waals surface area contributed by atoms with Gasteiger partial charge in [-0.1, -0.05) is 0 Å². The van der Waals surface area contributed by atoms with Crippen molar-refractivity contribution in [3.63, 3.8) is 0 Å². The van der Waals surface area contributed by atoms with Crippen LogP contribution in [0.25, 0.3) is 0 Å². The Morgan fingerprint density at radius 2 is 1.78 bits per heavy atom. The highest BCUT2D eigenvalue weighted by Gasteiger charge is 2.13. The Morgan fingerprint density at radius 3 is 2.39 bits per heavy atom. The third-order valence-electron chi connectivity index (χ3n) is 3.26. The molecule has 120 valence electrons. The Hall–Kier alpha value is -3.02. The van der Waals surface area contributed by atoms with E-state index in [1.165, 1.54) is 7.11 Å². The molecule has 0 aromatic heterocycles. The summed E-state index contributed by atoms with van der Waals surface area (Å²) < 4.78 is 10.3. The van der Waals surface area contributed by atoms with E-state index in [0.29, 0.717) is 22.8 Å². The summed E-state index contributed by atoms with van der Waals surface area (Å²) in [6, 6.07) is 11.5. The summed E-state index contributed by atoms with van der Waals surface area (Å²) in [5.74, 6) is 0.790. The summed E-state index contributed by atoms with van der Waals surface area (Å²) in [4.78, 5) is 12.2.